The summed E-state index contributed by atoms with van der Waals surface area (Å²) in [6.07, 6.45) is 2.12. The summed E-state index contributed by atoms with van der Waals surface area (Å²) in [5, 5.41) is 5.04. The molecule has 2 rings (SSSR count). The summed E-state index contributed by atoms with van der Waals surface area (Å²) in [7, 11) is 0. The zero-order chi connectivity index (χ0) is 13.0. The standard InChI is InChI=1S/C15H16N2O/c1-2-5-14(16)15(18)17-13-9-8-11-6-3-4-7-12(11)10-13/h2-4,6-10,14H,1,5,16H2,(H,17,18). The average molecular weight is 240 g/mol. The predicted molar refractivity (Wildman–Crippen MR) is 75.4 cm³/mol. The van der Waals surface area contributed by atoms with Crippen LogP contribution >= 0.6 is 0 Å². The molecule has 0 fully saturated rings. The monoisotopic (exact) mass is 240 g/mol. The maximum Gasteiger partial charge on any atom is 0.241 e. The highest BCUT2D eigenvalue weighted by Gasteiger charge is 2.11. The molecule has 3 N–H and O–H groups in total. The van der Waals surface area contributed by atoms with Crippen LogP contribution in [0.3, 0.4) is 0 Å². The lowest BCUT2D eigenvalue weighted by atomic mass is 10.1. The Hall–Kier alpha value is -2.13. The third kappa shape index (κ3) is 2.76. The molecule has 1 unspecified atom stereocenters. The van der Waals surface area contributed by atoms with Crippen LogP contribution < -0.4 is 11.1 Å². The van der Waals surface area contributed by atoms with Crippen molar-refractivity contribution in [3.8, 4) is 0 Å². The maximum absolute atomic E-state index is 11.8. The van der Waals surface area contributed by atoms with E-state index >= 15 is 0 Å². The first kappa shape index (κ1) is 12.3. The molecule has 1 atom stereocenters. The summed E-state index contributed by atoms with van der Waals surface area (Å²) in [6.45, 7) is 3.57. The highest BCUT2D eigenvalue weighted by Crippen LogP contribution is 2.18. The number of hydrogen-bond donors (Lipinski definition) is 2. The molecule has 0 radical (unpaired) electrons. The Labute approximate surface area is 106 Å². The third-order valence-electron chi connectivity index (χ3n) is 2.77. The van der Waals surface area contributed by atoms with Gasteiger partial charge in [-0.15, -0.1) is 6.58 Å². The fourth-order valence-electron chi connectivity index (χ4n) is 1.79. The highest BCUT2D eigenvalue weighted by atomic mass is 16.2. The molecule has 2 aromatic carbocycles. The SMILES string of the molecule is C=CCC(N)C(=O)Nc1ccc2ccccc2c1. The molecule has 0 aliphatic carbocycles. The van der Waals surface area contributed by atoms with Gasteiger partial charge >= 0.3 is 0 Å². The molecule has 18 heavy (non-hydrogen) atoms. The predicted octanol–water partition coefficient (Wildman–Crippen LogP) is 2.68. The topological polar surface area (TPSA) is 55.1 Å². The van der Waals surface area contributed by atoms with Gasteiger partial charge in [-0.3, -0.25) is 4.79 Å². The van der Waals surface area contributed by atoms with Crippen LogP contribution in [0.2, 0.25) is 0 Å². The summed E-state index contributed by atoms with van der Waals surface area (Å²) < 4.78 is 0. The Morgan fingerprint density at radius 3 is 2.72 bits per heavy atom. The van der Waals surface area contributed by atoms with Crippen LogP contribution in [0.5, 0.6) is 0 Å². The molecular formula is C15H16N2O. The molecule has 0 heterocycles. The second-order valence-electron chi connectivity index (χ2n) is 4.18. The third-order valence-corrected chi connectivity index (χ3v) is 2.77. The van der Waals surface area contributed by atoms with E-state index in [9.17, 15) is 4.79 Å². The molecule has 3 nitrogen and oxygen atoms in total. The van der Waals surface area contributed by atoms with Gasteiger partial charge in [-0.1, -0.05) is 36.4 Å². The summed E-state index contributed by atoms with van der Waals surface area (Å²) in [4.78, 5) is 11.8. The Balaban J connectivity index is 2.16. The maximum atomic E-state index is 11.8. The van der Waals surface area contributed by atoms with Gasteiger partial charge in [-0.05, 0) is 29.3 Å². The van der Waals surface area contributed by atoms with Crippen molar-refractivity contribution in [2.24, 2.45) is 5.73 Å². The normalized spacial score (nSPS) is 12.1. The van der Waals surface area contributed by atoms with Gasteiger partial charge in [0.2, 0.25) is 5.91 Å². The lowest BCUT2D eigenvalue weighted by molar-refractivity contribution is -0.117. The molecule has 0 bridgehead atoms. The molecule has 1 amide bonds. The number of fused-ring (bicyclic) bond motifs is 1. The summed E-state index contributed by atoms with van der Waals surface area (Å²) in [5.74, 6) is -0.190. The van der Waals surface area contributed by atoms with Crippen LogP contribution in [-0.4, -0.2) is 11.9 Å². The van der Waals surface area contributed by atoms with Crippen molar-refractivity contribution in [1.29, 1.82) is 0 Å². The molecule has 0 aromatic heterocycles. The lowest BCUT2D eigenvalue weighted by Gasteiger charge is -2.10. The van der Waals surface area contributed by atoms with Crippen LogP contribution in [0, 0.1) is 0 Å². The summed E-state index contributed by atoms with van der Waals surface area (Å²) in [5.41, 5.74) is 6.47. The average Bonchev–Trinajstić information content (AvgIpc) is 2.39. The molecule has 2 aromatic rings. The number of hydrogen-bond acceptors (Lipinski definition) is 2. The van der Waals surface area contributed by atoms with Crippen molar-refractivity contribution in [1.82, 2.24) is 0 Å². The largest absolute Gasteiger partial charge is 0.325 e. The molecule has 0 aliphatic rings. The zero-order valence-electron chi connectivity index (χ0n) is 10.1. The highest BCUT2D eigenvalue weighted by molar-refractivity contribution is 5.97. The number of nitrogens with one attached hydrogen (secondary N) is 1. The quantitative estimate of drug-likeness (QED) is 0.807. The van der Waals surface area contributed by atoms with E-state index in [4.69, 9.17) is 5.73 Å². The van der Waals surface area contributed by atoms with E-state index in [0.29, 0.717) is 6.42 Å². The van der Waals surface area contributed by atoms with E-state index in [1.165, 1.54) is 0 Å². The van der Waals surface area contributed by atoms with Crippen LogP contribution in [-0.2, 0) is 4.79 Å². The summed E-state index contributed by atoms with van der Waals surface area (Å²) in [6, 6.07) is 13.2. The van der Waals surface area contributed by atoms with E-state index in [0.717, 1.165) is 16.5 Å². The fourth-order valence-corrected chi connectivity index (χ4v) is 1.79. The Bertz CT molecular complexity index is 577. The number of rotatable bonds is 4. The van der Waals surface area contributed by atoms with Crippen LogP contribution in [0.4, 0.5) is 5.69 Å². The number of nitrogens with two attached hydrogens (primary N) is 1. The van der Waals surface area contributed by atoms with Crippen molar-refractivity contribution in [3.05, 3.63) is 55.1 Å². The van der Waals surface area contributed by atoms with Crippen molar-refractivity contribution in [3.63, 3.8) is 0 Å². The second-order valence-corrected chi connectivity index (χ2v) is 4.18. The van der Waals surface area contributed by atoms with Crippen molar-refractivity contribution in [2.45, 2.75) is 12.5 Å². The zero-order valence-corrected chi connectivity index (χ0v) is 10.1. The van der Waals surface area contributed by atoms with Gasteiger partial charge in [0, 0.05) is 5.69 Å². The number of benzene rings is 2. The molecule has 0 spiro atoms. The molecule has 0 aliphatic heterocycles. The van der Waals surface area contributed by atoms with E-state index in [-0.39, 0.29) is 5.91 Å². The van der Waals surface area contributed by atoms with E-state index in [1.807, 2.05) is 42.5 Å². The summed E-state index contributed by atoms with van der Waals surface area (Å²) >= 11 is 0. The minimum absolute atomic E-state index is 0.190. The van der Waals surface area contributed by atoms with Crippen LogP contribution in [0.1, 0.15) is 6.42 Å². The molecule has 0 saturated carbocycles. The minimum Gasteiger partial charge on any atom is -0.325 e. The number of amides is 1. The van der Waals surface area contributed by atoms with Crippen LogP contribution in [0.15, 0.2) is 55.1 Å². The smallest absolute Gasteiger partial charge is 0.241 e. The van der Waals surface area contributed by atoms with Crippen molar-refractivity contribution < 1.29 is 4.79 Å². The van der Waals surface area contributed by atoms with Crippen molar-refractivity contribution in [2.75, 3.05) is 5.32 Å². The van der Waals surface area contributed by atoms with Gasteiger partial charge in [-0.25, -0.2) is 0 Å². The Morgan fingerprint density at radius 2 is 2.00 bits per heavy atom. The van der Waals surface area contributed by atoms with Gasteiger partial charge in [0.1, 0.15) is 0 Å². The van der Waals surface area contributed by atoms with Gasteiger partial charge < -0.3 is 11.1 Å². The fraction of sp³-hybridized carbons (Fsp3) is 0.133. The van der Waals surface area contributed by atoms with E-state index < -0.39 is 6.04 Å². The number of anilines is 1. The van der Waals surface area contributed by atoms with E-state index in [2.05, 4.69) is 11.9 Å². The molecule has 0 saturated heterocycles. The second kappa shape index (κ2) is 5.47. The number of carbonyl (C=O) groups is 1. The molecular weight excluding hydrogens is 224 g/mol. The first-order valence-electron chi connectivity index (χ1n) is 5.87. The first-order valence-corrected chi connectivity index (χ1v) is 5.87. The Morgan fingerprint density at radius 1 is 1.28 bits per heavy atom. The van der Waals surface area contributed by atoms with E-state index in [1.54, 1.807) is 6.08 Å². The molecule has 92 valence electrons. The number of carbonyl (C=O) groups excluding carboxylic acids is 1. The Kier molecular flexibility index (Phi) is 3.75. The van der Waals surface area contributed by atoms with Gasteiger partial charge in [0.05, 0.1) is 6.04 Å². The first-order chi connectivity index (χ1) is 8.70. The van der Waals surface area contributed by atoms with Crippen LogP contribution in [0.25, 0.3) is 10.8 Å². The molecule has 3 heteroatoms. The lowest BCUT2D eigenvalue weighted by Crippen LogP contribution is -2.35. The van der Waals surface area contributed by atoms with Gasteiger partial charge in [0.15, 0.2) is 0 Å². The minimum atomic E-state index is -0.547. The van der Waals surface area contributed by atoms with Gasteiger partial charge in [-0.2, -0.15) is 0 Å². The van der Waals surface area contributed by atoms with Gasteiger partial charge in [0.25, 0.3) is 0 Å². The van der Waals surface area contributed by atoms with Crippen molar-refractivity contribution >= 4 is 22.4 Å².